The molecule has 6 nitrogen and oxygen atoms in total. The number of hydrogen-bond donors (Lipinski definition) is 0. The van der Waals surface area contributed by atoms with Crippen molar-refractivity contribution in [3.63, 3.8) is 0 Å². The molecule has 2 aromatic heterocycles. The van der Waals surface area contributed by atoms with Gasteiger partial charge in [-0.05, 0) is 13.3 Å². The van der Waals surface area contributed by atoms with Gasteiger partial charge in [-0.1, -0.05) is 30.3 Å². The molecule has 1 aromatic carbocycles. The molecule has 136 valence electrons. The SMILES string of the molecule is COC(Cn1nc(-c2ccccc2)c2sc(C)nc2c1=O)C1CCOC1. The smallest absolute Gasteiger partial charge is 0.294 e. The van der Waals surface area contributed by atoms with Crippen LogP contribution in [0.25, 0.3) is 21.5 Å². The highest BCUT2D eigenvalue weighted by Crippen LogP contribution is 2.29. The summed E-state index contributed by atoms with van der Waals surface area (Å²) in [7, 11) is 1.68. The van der Waals surface area contributed by atoms with Gasteiger partial charge in [-0.2, -0.15) is 5.10 Å². The van der Waals surface area contributed by atoms with Gasteiger partial charge < -0.3 is 9.47 Å². The van der Waals surface area contributed by atoms with Crippen LogP contribution < -0.4 is 5.56 Å². The van der Waals surface area contributed by atoms with Gasteiger partial charge in [-0.25, -0.2) is 9.67 Å². The lowest BCUT2D eigenvalue weighted by molar-refractivity contribution is 0.0298. The lowest BCUT2D eigenvalue weighted by atomic mass is 10.0. The van der Waals surface area contributed by atoms with Crippen LogP contribution >= 0.6 is 11.3 Å². The Bertz CT molecular complexity index is 961. The van der Waals surface area contributed by atoms with E-state index < -0.39 is 0 Å². The molecule has 1 saturated heterocycles. The van der Waals surface area contributed by atoms with Crippen LogP contribution in [0.15, 0.2) is 35.1 Å². The second-order valence-electron chi connectivity index (χ2n) is 6.51. The summed E-state index contributed by atoms with van der Waals surface area (Å²) >= 11 is 1.51. The highest BCUT2D eigenvalue weighted by molar-refractivity contribution is 7.19. The van der Waals surface area contributed by atoms with E-state index in [0.29, 0.717) is 18.7 Å². The van der Waals surface area contributed by atoms with Crippen molar-refractivity contribution in [3.8, 4) is 11.3 Å². The maximum Gasteiger partial charge on any atom is 0.294 e. The number of nitrogens with zero attached hydrogens (tertiary/aromatic N) is 3. The van der Waals surface area contributed by atoms with Gasteiger partial charge in [0.15, 0.2) is 5.52 Å². The monoisotopic (exact) mass is 371 g/mol. The molecule has 3 aromatic rings. The van der Waals surface area contributed by atoms with E-state index in [9.17, 15) is 4.79 Å². The lowest BCUT2D eigenvalue weighted by Crippen LogP contribution is -2.34. The molecule has 3 heterocycles. The van der Waals surface area contributed by atoms with Crippen molar-refractivity contribution in [2.45, 2.75) is 26.0 Å². The topological polar surface area (TPSA) is 66.2 Å². The Morgan fingerprint density at radius 1 is 1.38 bits per heavy atom. The van der Waals surface area contributed by atoms with Crippen molar-refractivity contribution >= 4 is 21.6 Å². The average molecular weight is 371 g/mol. The number of ether oxygens (including phenoxy) is 2. The van der Waals surface area contributed by atoms with E-state index in [1.807, 2.05) is 37.3 Å². The molecule has 0 bridgehead atoms. The number of methoxy groups -OCH3 is 1. The molecule has 0 saturated carbocycles. The Hall–Kier alpha value is -2.09. The van der Waals surface area contributed by atoms with Crippen LogP contribution in [-0.4, -0.2) is 41.2 Å². The lowest BCUT2D eigenvalue weighted by Gasteiger charge is -2.21. The first-order chi connectivity index (χ1) is 12.7. The average Bonchev–Trinajstić information content (AvgIpc) is 3.32. The molecule has 26 heavy (non-hydrogen) atoms. The van der Waals surface area contributed by atoms with E-state index in [1.165, 1.54) is 16.0 Å². The molecule has 1 fully saturated rings. The van der Waals surface area contributed by atoms with Gasteiger partial charge in [0.1, 0.15) is 5.69 Å². The normalized spacial score (nSPS) is 18.5. The maximum absolute atomic E-state index is 12.9. The molecule has 2 atom stereocenters. The minimum atomic E-state index is -0.162. The first-order valence-electron chi connectivity index (χ1n) is 8.71. The molecular weight excluding hydrogens is 350 g/mol. The number of aryl methyl sites for hydroxylation is 1. The Morgan fingerprint density at radius 2 is 2.19 bits per heavy atom. The van der Waals surface area contributed by atoms with E-state index in [2.05, 4.69) is 4.98 Å². The van der Waals surface area contributed by atoms with Crippen LogP contribution in [0.3, 0.4) is 0 Å². The van der Waals surface area contributed by atoms with Crippen molar-refractivity contribution in [2.75, 3.05) is 20.3 Å². The number of aromatic nitrogens is 3. The number of hydrogen-bond acceptors (Lipinski definition) is 6. The molecule has 7 heteroatoms. The fourth-order valence-electron chi connectivity index (χ4n) is 3.41. The molecule has 1 aliphatic heterocycles. The van der Waals surface area contributed by atoms with Crippen LogP contribution in [-0.2, 0) is 16.0 Å². The number of benzene rings is 1. The molecule has 0 radical (unpaired) electrons. The van der Waals surface area contributed by atoms with Crippen molar-refractivity contribution in [1.29, 1.82) is 0 Å². The van der Waals surface area contributed by atoms with Crippen LogP contribution in [0.1, 0.15) is 11.4 Å². The molecule has 0 spiro atoms. The molecule has 2 unspecified atom stereocenters. The second-order valence-corrected chi connectivity index (χ2v) is 7.71. The van der Waals surface area contributed by atoms with Crippen molar-refractivity contribution in [1.82, 2.24) is 14.8 Å². The van der Waals surface area contributed by atoms with Crippen molar-refractivity contribution in [2.24, 2.45) is 5.92 Å². The van der Waals surface area contributed by atoms with E-state index in [0.717, 1.165) is 34.0 Å². The third-order valence-electron chi connectivity index (χ3n) is 4.80. The molecule has 0 amide bonds. The molecule has 4 rings (SSSR count). The van der Waals surface area contributed by atoms with Gasteiger partial charge in [0.2, 0.25) is 0 Å². The first kappa shape index (κ1) is 17.3. The van der Waals surface area contributed by atoms with Gasteiger partial charge in [-0.3, -0.25) is 4.79 Å². The Kier molecular flexibility index (Phi) is 4.84. The zero-order chi connectivity index (χ0) is 18.1. The summed E-state index contributed by atoms with van der Waals surface area (Å²) < 4.78 is 13.5. The zero-order valence-corrected chi connectivity index (χ0v) is 15.7. The van der Waals surface area contributed by atoms with Crippen LogP contribution in [0.2, 0.25) is 0 Å². The molecule has 1 aliphatic rings. The standard InChI is InChI=1S/C19H21N3O3S/c1-12-20-17-18(26-12)16(13-6-4-3-5-7-13)21-22(19(17)23)10-15(24-2)14-8-9-25-11-14/h3-7,14-15H,8-11H2,1-2H3. The summed E-state index contributed by atoms with van der Waals surface area (Å²) in [5.74, 6) is 0.279. The number of fused-ring (bicyclic) bond motifs is 1. The van der Waals surface area contributed by atoms with Crippen LogP contribution in [0, 0.1) is 12.8 Å². The molecular formula is C19H21N3O3S. The van der Waals surface area contributed by atoms with Gasteiger partial charge in [0.25, 0.3) is 5.56 Å². The van der Waals surface area contributed by atoms with Crippen LogP contribution in [0.4, 0.5) is 0 Å². The molecule has 0 aliphatic carbocycles. The summed E-state index contributed by atoms with van der Waals surface area (Å²) in [6.45, 7) is 3.72. The summed E-state index contributed by atoms with van der Waals surface area (Å²) in [4.78, 5) is 17.4. The third-order valence-corrected chi connectivity index (χ3v) is 5.78. The minimum Gasteiger partial charge on any atom is -0.381 e. The van der Waals surface area contributed by atoms with Gasteiger partial charge in [0.05, 0.1) is 29.0 Å². The number of thiazole rings is 1. The summed E-state index contributed by atoms with van der Waals surface area (Å²) in [6.07, 6.45) is 0.833. The largest absolute Gasteiger partial charge is 0.381 e. The quantitative estimate of drug-likeness (QED) is 0.690. The first-order valence-corrected chi connectivity index (χ1v) is 9.53. The van der Waals surface area contributed by atoms with Gasteiger partial charge in [-0.15, -0.1) is 11.3 Å². The highest BCUT2D eigenvalue weighted by atomic mass is 32.1. The summed E-state index contributed by atoms with van der Waals surface area (Å²) in [5.41, 5.74) is 2.10. The van der Waals surface area contributed by atoms with E-state index in [4.69, 9.17) is 14.6 Å². The Morgan fingerprint density at radius 3 is 2.88 bits per heavy atom. The zero-order valence-electron chi connectivity index (χ0n) is 14.8. The van der Waals surface area contributed by atoms with E-state index >= 15 is 0 Å². The van der Waals surface area contributed by atoms with E-state index in [1.54, 1.807) is 7.11 Å². The van der Waals surface area contributed by atoms with Gasteiger partial charge in [0, 0.05) is 25.2 Å². The van der Waals surface area contributed by atoms with Gasteiger partial charge >= 0.3 is 0 Å². The number of rotatable bonds is 5. The summed E-state index contributed by atoms with van der Waals surface area (Å²) in [5, 5.41) is 5.56. The minimum absolute atomic E-state index is 0.108. The Labute approximate surface area is 155 Å². The Balaban J connectivity index is 1.82. The van der Waals surface area contributed by atoms with Crippen molar-refractivity contribution in [3.05, 3.63) is 45.7 Å². The maximum atomic E-state index is 12.9. The highest BCUT2D eigenvalue weighted by Gasteiger charge is 2.27. The fourth-order valence-corrected chi connectivity index (χ4v) is 4.32. The van der Waals surface area contributed by atoms with E-state index in [-0.39, 0.29) is 17.6 Å². The van der Waals surface area contributed by atoms with Crippen LogP contribution in [0.5, 0.6) is 0 Å². The summed E-state index contributed by atoms with van der Waals surface area (Å²) in [6, 6.07) is 9.92. The van der Waals surface area contributed by atoms with Crippen molar-refractivity contribution < 1.29 is 9.47 Å². The third kappa shape index (κ3) is 3.18. The second kappa shape index (κ2) is 7.26. The fraction of sp³-hybridized carbons (Fsp3) is 0.421. The predicted molar refractivity (Wildman–Crippen MR) is 102 cm³/mol. The molecule has 0 N–H and O–H groups in total. The predicted octanol–water partition coefficient (Wildman–Crippen LogP) is 2.88.